The molecular formula is C18H14O7. The van der Waals surface area contributed by atoms with Gasteiger partial charge >= 0.3 is 0 Å². The topological polar surface area (TPSA) is 92.0 Å². The van der Waals surface area contributed by atoms with E-state index in [4.69, 9.17) is 18.6 Å². The van der Waals surface area contributed by atoms with Crippen molar-refractivity contribution < 1.29 is 28.2 Å². The van der Waals surface area contributed by atoms with Gasteiger partial charge in [-0.2, -0.15) is 0 Å². The summed E-state index contributed by atoms with van der Waals surface area (Å²) in [5, 5.41) is 0.264. The van der Waals surface area contributed by atoms with E-state index in [1.54, 1.807) is 12.1 Å². The summed E-state index contributed by atoms with van der Waals surface area (Å²) in [7, 11) is 4.00. The zero-order chi connectivity index (χ0) is 18.1. The van der Waals surface area contributed by atoms with Crippen molar-refractivity contribution in [1.29, 1.82) is 0 Å². The van der Waals surface area contributed by atoms with Crippen LogP contribution in [0.1, 0.15) is 5.56 Å². The molecule has 2 aromatic rings. The van der Waals surface area contributed by atoms with Crippen molar-refractivity contribution >= 4 is 28.1 Å². The predicted octanol–water partition coefficient (Wildman–Crippen LogP) is 1.84. The Morgan fingerprint density at radius 1 is 0.920 bits per heavy atom. The van der Waals surface area contributed by atoms with E-state index in [-0.39, 0.29) is 28.0 Å². The Morgan fingerprint density at radius 2 is 1.64 bits per heavy atom. The molecule has 0 saturated carbocycles. The van der Waals surface area contributed by atoms with Crippen molar-refractivity contribution in [2.24, 2.45) is 0 Å². The van der Waals surface area contributed by atoms with Crippen LogP contribution in [0.5, 0.6) is 5.75 Å². The molecule has 0 saturated heterocycles. The highest BCUT2D eigenvalue weighted by Crippen LogP contribution is 2.27. The van der Waals surface area contributed by atoms with Crippen LogP contribution < -0.4 is 10.2 Å². The van der Waals surface area contributed by atoms with Crippen LogP contribution in [-0.4, -0.2) is 32.9 Å². The molecule has 1 aromatic heterocycles. The molecule has 1 heterocycles. The molecule has 7 nitrogen and oxygen atoms in total. The predicted molar refractivity (Wildman–Crippen MR) is 88.1 cm³/mol. The Balaban J connectivity index is 2.17. The van der Waals surface area contributed by atoms with E-state index in [0.717, 1.165) is 12.3 Å². The number of allylic oxidation sites excluding steroid dienone is 2. The van der Waals surface area contributed by atoms with Crippen molar-refractivity contribution in [3.05, 3.63) is 57.8 Å². The molecule has 0 aliphatic heterocycles. The number of benzene rings is 1. The minimum absolute atomic E-state index is 0.0271. The van der Waals surface area contributed by atoms with Crippen LogP contribution in [0, 0.1) is 0 Å². The van der Waals surface area contributed by atoms with Gasteiger partial charge in [0.05, 0.1) is 32.3 Å². The SMILES string of the molecule is COC1=C(OC)C(=O)C(c2coc3cc(OC)ccc3c2=O)=CC1=O. The van der Waals surface area contributed by atoms with E-state index in [9.17, 15) is 14.4 Å². The molecule has 1 aromatic carbocycles. The van der Waals surface area contributed by atoms with Gasteiger partial charge in [0.15, 0.2) is 0 Å². The second-order valence-corrected chi connectivity index (χ2v) is 5.16. The summed E-state index contributed by atoms with van der Waals surface area (Å²) in [5.74, 6) is -1.12. The van der Waals surface area contributed by atoms with Crippen LogP contribution in [0.2, 0.25) is 0 Å². The number of methoxy groups -OCH3 is 3. The van der Waals surface area contributed by atoms with Gasteiger partial charge in [0.1, 0.15) is 17.6 Å². The Bertz CT molecular complexity index is 1010. The molecule has 128 valence electrons. The van der Waals surface area contributed by atoms with E-state index >= 15 is 0 Å². The first-order chi connectivity index (χ1) is 12.0. The van der Waals surface area contributed by atoms with Gasteiger partial charge in [0.2, 0.25) is 28.5 Å². The van der Waals surface area contributed by atoms with E-state index in [1.165, 1.54) is 27.4 Å². The van der Waals surface area contributed by atoms with Crippen LogP contribution in [0.25, 0.3) is 16.5 Å². The molecule has 0 N–H and O–H groups in total. The minimum atomic E-state index is -0.626. The maximum atomic E-state index is 12.7. The van der Waals surface area contributed by atoms with Gasteiger partial charge in [-0.1, -0.05) is 0 Å². The number of hydrogen-bond donors (Lipinski definition) is 0. The summed E-state index contributed by atoms with van der Waals surface area (Å²) in [6.07, 6.45) is 2.19. The number of carbonyl (C=O) groups is 2. The lowest BCUT2D eigenvalue weighted by molar-refractivity contribution is -0.119. The summed E-state index contributed by atoms with van der Waals surface area (Å²) < 4.78 is 20.4. The van der Waals surface area contributed by atoms with Gasteiger partial charge in [-0.05, 0) is 12.1 Å². The fourth-order valence-corrected chi connectivity index (χ4v) is 2.60. The summed E-state index contributed by atoms with van der Waals surface area (Å²) in [4.78, 5) is 37.5. The smallest absolute Gasteiger partial charge is 0.232 e. The van der Waals surface area contributed by atoms with Crippen LogP contribution in [0.4, 0.5) is 0 Å². The second kappa shape index (κ2) is 6.27. The Labute approximate surface area is 142 Å². The molecule has 0 unspecified atom stereocenters. The van der Waals surface area contributed by atoms with Gasteiger partial charge in [0.25, 0.3) is 0 Å². The van der Waals surface area contributed by atoms with Gasteiger partial charge in [-0.3, -0.25) is 14.4 Å². The van der Waals surface area contributed by atoms with Crippen molar-refractivity contribution in [3.8, 4) is 5.75 Å². The number of ether oxygens (including phenoxy) is 3. The second-order valence-electron chi connectivity index (χ2n) is 5.16. The summed E-state index contributed by atoms with van der Waals surface area (Å²) in [6, 6.07) is 4.70. The largest absolute Gasteiger partial charge is 0.497 e. The zero-order valence-electron chi connectivity index (χ0n) is 13.7. The average molecular weight is 342 g/mol. The Morgan fingerprint density at radius 3 is 2.28 bits per heavy atom. The quantitative estimate of drug-likeness (QED) is 0.783. The van der Waals surface area contributed by atoms with E-state index < -0.39 is 17.0 Å². The molecule has 0 atom stereocenters. The van der Waals surface area contributed by atoms with Crippen LogP contribution in [0.15, 0.2) is 51.3 Å². The molecule has 0 fully saturated rings. The normalized spacial score (nSPS) is 14.6. The highest BCUT2D eigenvalue weighted by molar-refractivity contribution is 6.36. The van der Waals surface area contributed by atoms with Crippen molar-refractivity contribution in [1.82, 2.24) is 0 Å². The fraction of sp³-hybridized carbons (Fsp3) is 0.167. The number of rotatable bonds is 4. The minimum Gasteiger partial charge on any atom is -0.497 e. The van der Waals surface area contributed by atoms with Crippen LogP contribution in [-0.2, 0) is 19.1 Å². The van der Waals surface area contributed by atoms with Crippen molar-refractivity contribution in [3.63, 3.8) is 0 Å². The Hall–Kier alpha value is -3.35. The average Bonchev–Trinajstić information content (AvgIpc) is 2.63. The third kappa shape index (κ3) is 2.59. The first-order valence-corrected chi connectivity index (χ1v) is 7.24. The molecule has 0 radical (unpaired) electrons. The van der Waals surface area contributed by atoms with E-state index in [0.29, 0.717) is 11.3 Å². The fourth-order valence-electron chi connectivity index (χ4n) is 2.60. The number of carbonyl (C=O) groups excluding carboxylic acids is 2. The molecule has 7 heteroatoms. The van der Waals surface area contributed by atoms with Crippen molar-refractivity contribution in [2.75, 3.05) is 21.3 Å². The third-order valence-corrected chi connectivity index (χ3v) is 3.84. The summed E-state index contributed by atoms with van der Waals surface area (Å²) >= 11 is 0. The molecule has 0 spiro atoms. The lowest BCUT2D eigenvalue weighted by atomic mass is 9.94. The van der Waals surface area contributed by atoms with Gasteiger partial charge in [0, 0.05) is 17.7 Å². The maximum absolute atomic E-state index is 12.7. The Kier molecular flexibility index (Phi) is 4.14. The highest BCUT2D eigenvalue weighted by Gasteiger charge is 2.33. The van der Waals surface area contributed by atoms with Gasteiger partial charge < -0.3 is 18.6 Å². The zero-order valence-corrected chi connectivity index (χ0v) is 13.7. The molecule has 0 bridgehead atoms. The first-order valence-electron chi connectivity index (χ1n) is 7.24. The third-order valence-electron chi connectivity index (χ3n) is 3.84. The molecule has 1 aliphatic carbocycles. The monoisotopic (exact) mass is 342 g/mol. The molecule has 1 aliphatic rings. The molecule has 25 heavy (non-hydrogen) atoms. The van der Waals surface area contributed by atoms with Crippen molar-refractivity contribution in [2.45, 2.75) is 0 Å². The number of Topliss-reactive ketones (excluding diaryl/α,β-unsaturated/α-hetero) is 1. The molecule has 0 amide bonds. The summed E-state index contributed by atoms with van der Waals surface area (Å²) in [5.41, 5.74) is -0.258. The lowest BCUT2D eigenvalue weighted by Gasteiger charge is -2.16. The molecular weight excluding hydrogens is 328 g/mol. The number of hydrogen-bond acceptors (Lipinski definition) is 7. The number of ketones is 2. The number of fused-ring (bicyclic) bond motifs is 1. The standard InChI is InChI=1S/C18H14O7/c1-22-9-4-5-10-14(6-9)25-8-12(15(10)20)11-7-13(19)17(23-2)18(24-3)16(11)21/h4-8H,1-3H3. The van der Waals surface area contributed by atoms with Crippen LogP contribution >= 0.6 is 0 Å². The van der Waals surface area contributed by atoms with Gasteiger partial charge in [-0.25, -0.2) is 0 Å². The van der Waals surface area contributed by atoms with E-state index in [1.807, 2.05) is 0 Å². The highest BCUT2D eigenvalue weighted by atomic mass is 16.5. The van der Waals surface area contributed by atoms with Gasteiger partial charge in [-0.15, -0.1) is 0 Å². The van der Waals surface area contributed by atoms with Crippen LogP contribution in [0.3, 0.4) is 0 Å². The summed E-state index contributed by atoms with van der Waals surface area (Å²) in [6.45, 7) is 0. The van der Waals surface area contributed by atoms with E-state index in [2.05, 4.69) is 0 Å². The molecule has 3 rings (SSSR count). The first kappa shape index (κ1) is 16.5. The lowest BCUT2D eigenvalue weighted by Crippen LogP contribution is -2.23. The maximum Gasteiger partial charge on any atom is 0.232 e.